The zero-order chi connectivity index (χ0) is 68.8. The van der Waals surface area contributed by atoms with Crippen LogP contribution in [0.5, 0.6) is 0 Å². The van der Waals surface area contributed by atoms with Crippen molar-refractivity contribution >= 4 is 63.0 Å². The Morgan fingerprint density at radius 1 is 0.366 bits per heavy atom. The molecule has 4 fully saturated rings. The van der Waals surface area contributed by atoms with Crippen LogP contribution in [0.1, 0.15) is 216 Å². The molecule has 4 aliphatic heterocycles. The molecule has 508 valence electrons. The molecule has 16 nitrogen and oxygen atoms in total. The molecule has 0 radical (unpaired) electrons. The third-order valence-electron chi connectivity index (χ3n) is 20.5. The van der Waals surface area contributed by atoms with Crippen molar-refractivity contribution < 1.29 is 30.4 Å². The summed E-state index contributed by atoms with van der Waals surface area (Å²) in [6, 6.07) is 43.6. The highest BCUT2D eigenvalue weighted by molar-refractivity contribution is 6.03. The van der Waals surface area contributed by atoms with E-state index in [2.05, 4.69) is 259 Å². The SMILES string of the molecule is CC(C)(C)NC(=O)CC(=O)Nc1ccc(N(c2ccc(N(c3ccc(N(C4CC(C)(C)N(O)C(C)(C)C4)C4CC(C)(C)N(O)C(C)(C)C4)cc3)c3ccc(C(C)(C)C)cc3)cc2)c2ccc(N(C3CC(C)(C)N(O)C(C)(C)C3)C3CC(C)(C)N(O)C(C)(C)C3)cc2)cc1. The van der Waals surface area contributed by atoms with Gasteiger partial charge in [-0.3, -0.25) is 9.59 Å². The highest BCUT2D eigenvalue weighted by Crippen LogP contribution is 2.50. The van der Waals surface area contributed by atoms with Gasteiger partial charge in [0.2, 0.25) is 11.8 Å². The minimum absolute atomic E-state index is 0.0513. The number of amides is 2. The number of carbonyl (C=O) groups excluding carboxylic acids is 2. The minimum Gasteiger partial charge on any atom is -0.365 e. The Morgan fingerprint density at radius 3 is 0.806 bits per heavy atom. The van der Waals surface area contributed by atoms with Crippen molar-refractivity contribution in [1.29, 1.82) is 0 Å². The van der Waals surface area contributed by atoms with Gasteiger partial charge in [-0.15, -0.1) is 0 Å². The lowest BCUT2D eigenvalue weighted by atomic mass is 9.74. The minimum atomic E-state index is -0.500. The highest BCUT2D eigenvalue weighted by atomic mass is 16.5. The number of anilines is 9. The normalized spacial score (nSPS) is 22.0. The molecule has 0 aromatic heterocycles. The first kappa shape index (κ1) is 71.2. The fourth-order valence-electron chi connectivity index (χ4n) is 16.9. The Kier molecular flexibility index (Phi) is 19.3. The van der Waals surface area contributed by atoms with Crippen LogP contribution in [-0.4, -0.2) is 127 Å². The van der Waals surface area contributed by atoms with Crippen LogP contribution in [0.25, 0.3) is 0 Å². The third kappa shape index (κ3) is 15.3. The number of carbonyl (C=O) groups is 2. The van der Waals surface area contributed by atoms with Gasteiger partial charge >= 0.3 is 0 Å². The van der Waals surface area contributed by atoms with Crippen LogP contribution in [-0.2, 0) is 15.0 Å². The van der Waals surface area contributed by atoms with Crippen molar-refractivity contribution in [3.05, 3.63) is 127 Å². The molecule has 9 rings (SSSR count). The van der Waals surface area contributed by atoms with Gasteiger partial charge in [0, 0.05) is 125 Å². The number of hydroxylamine groups is 8. The Hall–Kier alpha value is -6.08. The maximum atomic E-state index is 13.3. The van der Waals surface area contributed by atoms with Crippen LogP contribution >= 0.6 is 0 Å². The Labute approximate surface area is 557 Å². The standard InChI is InChI=1S/C77H114N10O6/c1-68(2,3)52-23-27-54(28-24-52)80(57-35-39-60(40-36-57)82(62-44-70(7,8)84(90)71(9,10)45-62)63-46-72(11,12)85(91)73(13,14)47-63)56-31-33-58(34-32-56)81(55-29-25-53(26-30-55)78-66(88)43-67(89)79-69(4,5)6)59-37-41-61(42-38-59)83(64-48-74(15,16)86(92)75(17,18)49-64)65-50-76(19,20)87(93)77(21,22)51-65/h23-42,62-65,90-93H,43-51H2,1-22H3,(H,78,88)(H,79,89). The van der Waals surface area contributed by atoms with E-state index in [1.165, 1.54) is 5.56 Å². The van der Waals surface area contributed by atoms with Gasteiger partial charge < -0.3 is 51.1 Å². The monoisotopic (exact) mass is 1270 g/mol. The average Bonchev–Trinajstić information content (AvgIpc) is 0.750. The summed E-state index contributed by atoms with van der Waals surface area (Å²) in [7, 11) is 0. The van der Waals surface area contributed by atoms with E-state index in [1.807, 2.05) is 45.0 Å². The molecular formula is C77H114N10O6. The van der Waals surface area contributed by atoms with E-state index in [1.54, 1.807) is 20.3 Å². The van der Waals surface area contributed by atoms with Crippen LogP contribution in [0, 0.1) is 0 Å². The van der Waals surface area contributed by atoms with Crippen molar-refractivity contribution in [1.82, 2.24) is 25.6 Å². The Morgan fingerprint density at radius 2 is 0.581 bits per heavy atom. The molecule has 4 aliphatic rings. The van der Waals surface area contributed by atoms with E-state index in [4.69, 9.17) is 0 Å². The smallest absolute Gasteiger partial charge is 0.233 e. The molecular weight excluding hydrogens is 1160 g/mol. The second-order valence-corrected chi connectivity index (χ2v) is 34.9. The molecule has 0 unspecified atom stereocenters. The number of hydrogen-bond acceptors (Lipinski definition) is 14. The Bertz CT molecular complexity index is 3260. The number of benzene rings is 5. The quantitative estimate of drug-likeness (QED) is 0.0549. The molecule has 5 aromatic rings. The molecule has 4 saturated heterocycles. The summed E-state index contributed by atoms with van der Waals surface area (Å²) in [5.41, 5.74) is 5.19. The van der Waals surface area contributed by atoms with Gasteiger partial charge in [-0.25, -0.2) is 0 Å². The van der Waals surface area contributed by atoms with Crippen molar-refractivity contribution in [2.24, 2.45) is 0 Å². The number of hydrogen-bond donors (Lipinski definition) is 6. The fourth-order valence-corrected chi connectivity index (χ4v) is 16.9. The molecule has 0 spiro atoms. The molecule has 5 aromatic carbocycles. The second kappa shape index (κ2) is 25.2. The Balaban J connectivity index is 1.13. The zero-order valence-electron chi connectivity index (χ0n) is 60.4. The topological polar surface area (TPSA) is 165 Å². The highest BCUT2D eigenvalue weighted by Gasteiger charge is 2.54. The van der Waals surface area contributed by atoms with E-state index in [-0.39, 0.29) is 41.9 Å². The maximum Gasteiger partial charge on any atom is 0.233 e. The summed E-state index contributed by atoms with van der Waals surface area (Å²) in [4.78, 5) is 35.8. The first-order valence-corrected chi connectivity index (χ1v) is 34.0. The van der Waals surface area contributed by atoms with Crippen LogP contribution in [0.3, 0.4) is 0 Å². The molecule has 0 aliphatic carbocycles. The fraction of sp³-hybridized carbons (Fsp3) is 0.584. The lowest BCUT2D eigenvalue weighted by molar-refractivity contribution is -0.250. The third-order valence-corrected chi connectivity index (χ3v) is 20.5. The van der Waals surface area contributed by atoms with Gasteiger partial charge in [0.25, 0.3) is 0 Å². The van der Waals surface area contributed by atoms with Crippen LogP contribution in [0.15, 0.2) is 121 Å². The molecule has 0 bridgehead atoms. The predicted molar refractivity (Wildman–Crippen MR) is 380 cm³/mol. The number of piperidine rings is 4. The lowest BCUT2D eigenvalue weighted by Gasteiger charge is -2.59. The summed E-state index contributed by atoms with van der Waals surface area (Å²) in [5.74, 6) is -0.745. The summed E-state index contributed by atoms with van der Waals surface area (Å²) in [6.07, 6.45) is 5.69. The summed E-state index contributed by atoms with van der Waals surface area (Å²) >= 11 is 0. The van der Waals surface area contributed by atoms with Gasteiger partial charge in [-0.2, -0.15) is 20.3 Å². The molecule has 0 atom stereocenters. The van der Waals surface area contributed by atoms with Crippen molar-refractivity contribution in [3.8, 4) is 0 Å². The second-order valence-electron chi connectivity index (χ2n) is 34.9. The van der Waals surface area contributed by atoms with Gasteiger partial charge in [0.05, 0.1) is 0 Å². The van der Waals surface area contributed by atoms with Crippen molar-refractivity contribution in [2.75, 3.05) is 24.9 Å². The van der Waals surface area contributed by atoms with Gasteiger partial charge in [-0.05, 0) is 303 Å². The first-order valence-electron chi connectivity index (χ1n) is 34.0. The van der Waals surface area contributed by atoms with Gasteiger partial charge in [0.15, 0.2) is 0 Å². The van der Waals surface area contributed by atoms with E-state index in [0.717, 1.165) is 96.9 Å². The van der Waals surface area contributed by atoms with Crippen molar-refractivity contribution in [3.63, 3.8) is 0 Å². The number of nitrogens with one attached hydrogen (secondary N) is 2. The van der Waals surface area contributed by atoms with Crippen LogP contribution < -0.4 is 30.2 Å². The molecule has 16 heteroatoms. The van der Waals surface area contributed by atoms with Crippen LogP contribution in [0.4, 0.5) is 51.2 Å². The van der Waals surface area contributed by atoms with E-state index < -0.39 is 55.8 Å². The molecule has 93 heavy (non-hydrogen) atoms. The maximum absolute atomic E-state index is 13.3. The van der Waals surface area contributed by atoms with Gasteiger partial charge in [0.1, 0.15) is 6.42 Å². The molecule has 2 amide bonds. The lowest BCUT2D eigenvalue weighted by Crippen LogP contribution is -2.67. The first-order chi connectivity index (χ1) is 42.7. The molecule has 6 N–H and O–H groups in total. The van der Waals surface area contributed by atoms with Crippen molar-refractivity contribution in [2.45, 2.75) is 290 Å². The number of nitrogens with zero attached hydrogens (tertiary/aromatic N) is 8. The van der Waals surface area contributed by atoms with E-state index in [0.29, 0.717) is 5.69 Å². The predicted octanol–water partition coefficient (Wildman–Crippen LogP) is 17.4. The summed E-state index contributed by atoms with van der Waals surface area (Å²) in [6.45, 7) is 46.5. The zero-order valence-corrected chi connectivity index (χ0v) is 60.4. The number of rotatable bonds is 15. The van der Waals surface area contributed by atoms with E-state index >= 15 is 0 Å². The largest absolute Gasteiger partial charge is 0.365 e. The van der Waals surface area contributed by atoms with Crippen LogP contribution in [0.2, 0.25) is 0 Å². The summed E-state index contributed by atoms with van der Waals surface area (Å²) in [5, 5.41) is 58.4. The van der Waals surface area contributed by atoms with Gasteiger partial charge in [-0.1, -0.05) is 32.9 Å². The molecule has 4 heterocycles. The summed E-state index contributed by atoms with van der Waals surface area (Å²) < 4.78 is 0. The average molecular weight is 1280 g/mol. The molecule has 0 saturated carbocycles. The van der Waals surface area contributed by atoms with E-state index in [9.17, 15) is 30.4 Å².